The lowest BCUT2D eigenvalue weighted by Crippen LogP contribution is -2.33. The summed E-state index contributed by atoms with van der Waals surface area (Å²) in [5.74, 6) is 0. The molecule has 0 rings (SSSR count). The molecule has 2 nitrogen and oxygen atoms in total. The van der Waals surface area contributed by atoms with E-state index in [0.29, 0.717) is 6.04 Å². The number of likely N-dealkylation sites (N-methyl/N-ethyl adjacent to an activating group) is 2. The summed E-state index contributed by atoms with van der Waals surface area (Å²) in [6, 6.07) is 0.343. The molecule has 0 fully saturated rings. The van der Waals surface area contributed by atoms with Crippen LogP contribution in [-0.2, 0) is 0 Å². The van der Waals surface area contributed by atoms with E-state index in [1.165, 1.54) is 0 Å². The number of nitrogens with one attached hydrogen (secondary N) is 2. The molecular weight excluding hydrogens is 100 g/mol. The molecule has 0 aromatic rings. The summed E-state index contributed by atoms with van der Waals surface area (Å²) in [6.07, 6.45) is 0. The van der Waals surface area contributed by atoms with E-state index in [1.807, 2.05) is 7.05 Å². The maximum atomic E-state index is 3.82. The molecule has 49 valence electrons. The van der Waals surface area contributed by atoms with Crippen molar-refractivity contribution in [1.29, 1.82) is 0 Å². The van der Waals surface area contributed by atoms with Gasteiger partial charge in [-0.15, -0.1) is 0 Å². The smallest absolute Gasteiger partial charge is 0.0190 e. The van der Waals surface area contributed by atoms with E-state index in [1.54, 1.807) is 0 Å². The highest BCUT2D eigenvalue weighted by Gasteiger charge is 1.92. The van der Waals surface area contributed by atoms with Crippen LogP contribution >= 0.6 is 0 Å². The molecule has 0 aliphatic rings. The van der Waals surface area contributed by atoms with Crippen LogP contribution in [0.1, 0.15) is 6.92 Å². The molecule has 1 atom stereocenters. The summed E-state index contributed by atoms with van der Waals surface area (Å²) >= 11 is 0. The Hall–Kier alpha value is -0.0800. The minimum atomic E-state index is 0.343. The number of hydrogen-bond acceptors (Lipinski definition) is 2. The first-order chi connectivity index (χ1) is 3.81. The van der Waals surface area contributed by atoms with Crippen molar-refractivity contribution in [3.8, 4) is 0 Å². The highest BCUT2D eigenvalue weighted by atomic mass is 14.9. The molecule has 1 unspecified atom stereocenters. The van der Waals surface area contributed by atoms with Gasteiger partial charge in [-0.25, -0.2) is 0 Å². The van der Waals surface area contributed by atoms with Gasteiger partial charge in [-0.05, 0) is 20.5 Å². The zero-order chi connectivity index (χ0) is 6.41. The van der Waals surface area contributed by atoms with Crippen LogP contribution in [0.5, 0.6) is 0 Å². The molecule has 0 aromatic carbocycles. The van der Waals surface area contributed by atoms with Crippen LogP contribution in [0.2, 0.25) is 0 Å². The van der Waals surface area contributed by atoms with Gasteiger partial charge in [0.05, 0.1) is 0 Å². The Labute approximate surface area is 51.7 Å². The van der Waals surface area contributed by atoms with Crippen LogP contribution in [-0.4, -0.2) is 26.2 Å². The fourth-order valence-corrected chi connectivity index (χ4v) is 0.421. The number of rotatable bonds is 4. The molecule has 1 radical (unpaired) electrons. The van der Waals surface area contributed by atoms with E-state index in [-0.39, 0.29) is 0 Å². The lowest BCUT2D eigenvalue weighted by molar-refractivity contribution is 0.589. The lowest BCUT2D eigenvalue weighted by atomic mass is 10.3. The van der Waals surface area contributed by atoms with Crippen molar-refractivity contribution in [2.24, 2.45) is 0 Å². The van der Waals surface area contributed by atoms with E-state index in [0.717, 1.165) is 13.1 Å². The van der Waals surface area contributed by atoms with Crippen LogP contribution in [0.4, 0.5) is 0 Å². The van der Waals surface area contributed by atoms with Gasteiger partial charge in [0, 0.05) is 12.6 Å². The molecule has 0 aromatic heterocycles. The molecule has 8 heavy (non-hydrogen) atoms. The van der Waals surface area contributed by atoms with Gasteiger partial charge >= 0.3 is 0 Å². The Morgan fingerprint density at radius 3 is 2.62 bits per heavy atom. The van der Waals surface area contributed by atoms with Crippen molar-refractivity contribution in [3.63, 3.8) is 0 Å². The van der Waals surface area contributed by atoms with Crippen molar-refractivity contribution in [2.75, 3.05) is 20.1 Å². The van der Waals surface area contributed by atoms with Crippen molar-refractivity contribution in [3.05, 3.63) is 6.92 Å². The van der Waals surface area contributed by atoms with Gasteiger partial charge in [-0.1, -0.05) is 6.92 Å². The predicted octanol–water partition coefficient (Wildman–Crippen LogP) is 0.0180. The normalized spacial score (nSPS) is 13.9. The summed E-state index contributed by atoms with van der Waals surface area (Å²) in [5.41, 5.74) is 0. The summed E-state index contributed by atoms with van der Waals surface area (Å²) in [6.45, 7) is 7.88. The quantitative estimate of drug-likeness (QED) is 0.539. The van der Waals surface area contributed by atoms with Crippen LogP contribution in [0.3, 0.4) is 0 Å². The molecule has 0 spiro atoms. The molecule has 0 bridgehead atoms. The first kappa shape index (κ1) is 7.92. The van der Waals surface area contributed by atoms with Crippen molar-refractivity contribution in [1.82, 2.24) is 10.6 Å². The summed E-state index contributed by atoms with van der Waals surface area (Å²) in [7, 11) is 1.91. The van der Waals surface area contributed by atoms with Gasteiger partial charge in [0.1, 0.15) is 0 Å². The van der Waals surface area contributed by atoms with Gasteiger partial charge < -0.3 is 10.6 Å². The third-order valence-corrected chi connectivity index (χ3v) is 1.05. The van der Waals surface area contributed by atoms with Gasteiger partial charge in [0.25, 0.3) is 0 Å². The topological polar surface area (TPSA) is 24.1 Å². The Bertz CT molecular complexity index is 45.8. The third kappa shape index (κ3) is 4.09. The molecular formula is C6H15N2. The van der Waals surface area contributed by atoms with Crippen LogP contribution in [0.15, 0.2) is 0 Å². The van der Waals surface area contributed by atoms with E-state index in [9.17, 15) is 0 Å². The zero-order valence-corrected chi connectivity index (χ0v) is 5.70. The molecule has 0 aliphatic carbocycles. The van der Waals surface area contributed by atoms with Crippen molar-refractivity contribution >= 4 is 0 Å². The summed E-state index contributed by atoms with van der Waals surface area (Å²) in [5, 5.41) is 6.20. The lowest BCUT2D eigenvalue weighted by Gasteiger charge is -2.08. The molecule has 0 saturated carbocycles. The Balaban J connectivity index is 2.86. The molecule has 0 saturated heterocycles. The standard InChI is InChI=1S/C6H15N2/c1-4-8-5-6(2)7-3/h6-8H,2,4-5H2,1,3H3. The van der Waals surface area contributed by atoms with E-state index >= 15 is 0 Å². The molecule has 0 amide bonds. The summed E-state index contributed by atoms with van der Waals surface area (Å²) in [4.78, 5) is 0. The summed E-state index contributed by atoms with van der Waals surface area (Å²) < 4.78 is 0. The van der Waals surface area contributed by atoms with E-state index in [2.05, 4.69) is 24.5 Å². The first-order valence-electron chi connectivity index (χ1n) is 3.02. The Morgan fingerprint density at radius 2 is 2.25 bits per heavy atom. The maximum absolute atomic E-state index is 3.82. The maximum Gasteiger partial charge on any atom is 0.0190 e. The predicted molar refractivity (Wildman–Crippen MR) is 36.7 cm³/mol. The Kier molecular flexibility index (Phi) is 5.01. The van der Waals surface area contributed by atoms with Crippen molar-refractivity contribution < 1.29 is 0 Å². The Morgan fingerprint density at radius 1 is 1.62 bits per heavy atom. The first-order valence-corrected chi connectivity index (χ1v) is 3.02. The average Bonchev–Trinajstić information content (AvgIpc) is 1.83. The fraction of sp³-hybridized carbons (Fsp3) is 0.833. The minimum absolute atomic E-state index is 0.343. The second-order valence-corrected chi connectivity index (χ2v) is 1.79. The molecule has 0 heterocycles. The SMILES string of the molecule is [CH2]C(CNCC)NC. The third-order valence-electron chi connectivity index (χ3n) is 1.05. The second-order valence-electron chi connectivity index (χ2n) is 1.79. The van der Waals surface area contributed by atoms with Gasteiger partial charge in [0.2, 0.25) is 0 Å². The van der Waals surface area contributed by atoms with E-state index < -0.39 is 0 Å². The molecule has 0 aliphatic heterocycles. The van der Waals surface area contributed by atoms with Crippen LogP contribution in [0, 0.1) is 6.92 Å². The van der Waals surface area contributed by atoms with Crippen molar-refractivity contribution in [2.45, 2.75) is 13.0 Å². The highest BCUT2D eigenvalue weighted by Crippen LogP contribution is 1.71. The minimum Gasteiger partial charge on any atom is -0.316 e. The van der Waals surface area contributed by atoms with Gasteiger partial charge in [-0.3, -0.25) is 0 Å². The fourth-order valence-electron chi connectivity index (χ4n) is 0.421. The number of hydrogen-bond donors (Lipinski definition) is 2. The molecule has 2 heteroatoms. The average molecular weight is 115 g/mol. The van der Waals surface area contributed by atoms with Crippen LogP contribution < -0.4 is 10.6 Å². The van der Waals surface area contributed by atoms with Gasteiger partial charge in [0.15, 0.2) is 0 Å². The monoisotopic (exact) mass is 115 g/mol. The zero-order valence-electron chi connectivity index (χ0n) is 5.70. The highest BCUT2D eigenvalue weighted by molar-refractivity contribution is 4.67. The molecule has 2 N–H and O–H groups in total. The van der Waals surface area contributed by atoms with Crippen LogP contribution in [0.25, 0.3) is 0 Å². The van der Waals surface area contributed by atoms with Gasteiger partial charge in [-0.2, -0.15) is 0 Å². The second kappa shape index (κ2) is 5.06. The van der Waals surface area contributed by atoms with E-state index in [4.69, 9.17) is 0 Å². The largest absolute Gasteiger partial charge is 0.316 e.